The van der Waals surface area contributed by atoms with Gasteiger partial charge in [0.1, 0.15) is 0 Å². The highest BCUT2D eigenvalue weighted by Crippen LogP contribution is 2.35. The lowest BCUT2D eigenvalue weighted by atomic mass is 10.0. The van der Waals surface area contributed by atoms with Gasteiger partial charge < -0.3 is 10.4 Å². The summed E-state index contributed by atoms with van der Waals surface area (Å²) in [6.07, 6.45) is 2.59. The highest BCUT2D eigenvalue weighted by molar-refractivity contribution is 8.00. The number of carboxylic acid groups (broad SMARTS) is 1. The van der Waals surface area contributed by atoms with Crippen molar-refractivity contribution in [3.63, 3.8) is 0 Å². The largest absolute Gasteiger partial charge is 0.478 e. The zero-order chi connectivity index (χ0) is 20.5. The average Bonchev–Trinajstić information content (AvgIpc) is 2.75. The van der Waals surface area contributed by atoms with Gasteiger partial charge in [-0.1, -0.05) is 72.8 Å². The Kier molecular flexibility index (Phi) is 7.25. The first-order chi connectivity index (χ1) is 14.1. The van der Waals surface area contributed by atoms with E-state index in [9.17, 15) is 9.59 Å². The van der Waals surface area contributed by atoms with Crippen molar-refractivity contribution in [2.75, 3.05) is 11.1 Å². The predicted octanol–water partition coefficient (Wildman–Crippen LogP) is 5.25. The lowest BCUT2D eigenvalue weighted by molar-refractivity contribution is -0.131. The number of carbonyl (C=O) groups excluding carboxylic acids is 1. The number of nitrogens with one attached hydrogen (secondary N) is 1. The van der Waals surface area contributed by atoms with Gasteiger partial charge in [0.05, 0.1) is 11.0 Å². The van der Waals surface area contributed by atoms with Crippen molar-refractivity contribution < 1.29 is 14.7 Å². The Morgan fingerprint density at radius 1 is 0.862 bits per heavy atom. The summed E-state index contributed by atoms with van der Waals surface area (Å²) in [7, 11) is 0. The smallest absolute Gasteiger partial charge is 0.328 e. The molecule has 0 saturated carbocycles. The van der Waals surface area contributed by atoms with Crippen molar-refractivity contribution >= 4 is 35.4 Å². The Morgan fingerprint density at radius 2 is 1.41 bits per heavy atom. The molecule has 5 heteroatoms. The summed E-state index contributed by atoms with van der Waals surface area (Å²) in [5, 5.41) is 11.6. The molecule has 0 saturated heterocycles. The van der Waals surface area contributed by atoms with Gasteiger partial charge in [-0.05, 0) is 34.9 Å². The molecule has 0 spiro atoms. The third kappa shape index (κ3) is 6.36. The number of amides is 1. The topological polar surface area (TPSA) is 66.4 Å². The maximum Gasteiger partial charge on any atom is 0.328 e. The molecule has 3 aromatic carbocycles. The fraction of sp³-hybridized carbons (Fsp3) is 0.0833. The van der Waals surface area contributed by atoms with Crippen molar-refractivity contribution in [2.24, 2.45) is 0 Å². The molecule has 0 aliphatic carbocycles. The average molecular weight is 404 g/mol. The van der Waals surface area contributed by atoms with Crippen LogP contribution in [0.4, 0.5) is 5.69 Å². The summed E-state index contributed by atoms with van der Waals surface area (Å²) in [5.74, 6) is -0.763. The second kappa shape index (κ2) is 10.3. The fourth-order valence-corrected chi connectivity index (χ4v) is 3.93. The Labute approximate surface area is 174 Å². The second-order valence-electron chi connectivity index (χ2n) is 6.35. The van der Waals surface area contributed by atoms with E-state index in [1.807, 2.05) is 36.4 Å². The molecule has 0 aromatic heterocycles. The first-order valence-electron chi connectivity index (χ1n) is 9.14. The summed E-state index contributed by atoms with van der Waals surface area (Å²) < 4.78 is 0. The number of hydrogen-bond acceptors (Lipinski definition) is 3. The van der Waals surface area contributed by atoms with E-state index in [1.54, 1.807) is 36.0 Å². The number of hydrogen-bond donors (Lipinski definition) is 2. The fourth-order valence-electron chi connectivity index (χ4n) is 2.84. The van der Waals surface area contributed by atoms with Crippen molar-refractivity contribution in [1.82, 2.24) is 0 Å². The summed E-state index contributed by atoms with van der Waals surface area (Å²) in [6.45, 7) is 0. The molecule has 0 heterocycles. The first-order valence-corrected chi connectivity index (χ1v) is 10.2. The van der Waals surface area contributed by atoms with Crippen LogP contribution in [0.2, 0.25) is 0 Å². The van der Waals surface area contributed by atoms with E-state index in [0.29, 0.717) is 11.4 Å². The number of carbonyl (C=O) groups is 2. The quantitative estimate of drug-likeness (QED) is 0.505. The molecular weight excluding hydrogens is 382 g/mol. The van der Waals surface area contributed by atoms with Gasteiger partial charge in [0, 0.05) is 11.8 Å². The molecular formula is C24H21NO3S. The normalized spacial score (nSPS) is 10.9. The van der Waals surface area contributed by atoms with Crippen LogP contribution in [0.15, 0.2) is 91.0 Å². The van der Waals surface area contributed by atoms with E-state index >= 15 is 0 Å². The molecule has 4 nitrogen and oxygen atoms in total. The minimum atomic E-state index is -0.995. The van der Waals surface area contributed by atoms with Crippen molar-refractivity contribution in [2.45, 2.75) is 5.25 Å². The Balaban J connectivity index is 1.62. The molecule has 29 heavy (non-hydrogen) atoms. The highest BCUT2D eigenvalue weighted by Gasteiger charge is 2.16. The molecule has 0 aliphatic rings. The summed E-state index contributed by atoms with van der Waals surface area (Å²) in [6, 6.07) is 27.3. The van der Waals surface area contributed by atoms with Gasteiger partial charge >= 0.3 is 5.97 Å². The van der Waals surface area contributed by atoms with Crippen LogP contribution in [-0.2, 0) is 9.59 Å². The van der Waals surface area contributed by atoms with Gasteiger partial charge in [-0.2, -0.15) is 0 Å². The van der Waals surface area contributed by atoms with E-state index in [-0.39, 0.29) is 11.2 Å². The van der Waals surface area contributed by atoms with Crippen LogP contribution < -0.4 is 5.32 Å². The minimum Gasteiger partial charge on any atom is -0.478 e. The SMILES string of the molecule is O=C(O)C=Cc1ccc(NC(=O)CSC(c2ccccc2)c2ccccc2)cc1. The number of benzene rings is 3. The molecule has 0 radical (unpaired) electrons. The number of carboxylic acids is 1. The van der Waals surface area contributed by atoms with Crippen LogP contribution in [0.1, 0.15) is 21.9 Å². The predicted molar refractivity (Wildman–Crippen MR) is 119 cm³/mol. The van der Waals surface area contributed by atoms with Gasteiger partial charge in [-0.25, -0.2) is 4.79 Å². The van der Waals surface area contributed by atoms with Gasteiger partial charge in [0.2, 0.25) is 5.91 Å². The standard InChI is InChI=1S/C24H21NO3S/c26-22(25-21-14-11-18(12-15-21)13-16-23(27)28)17-29-24(19-7-3-1-4-8-19)20-9-5-2-6-10-20/h1-16,24H,17H2,(H,25,26)(H,27,28). The van der Waals surface area contributed by atoms with Crippen molar-refractivity contribution in [3.05, 3.63) is 108 Å². The number of aliphatic carboxylic acids is 1. The summed E-state index contributed by atoms with van der Waals surface area (Å²) >= 11 is 1.58. The third-order valence-electron chi connectivity index (χ3n) is 4.20. The molecule has 0 bridgehead atoms. The maximum absolute atomic E-state index is 12.5. The van der Waals surface area contributed by atoms with Crippen molar-refractivity contribution in [1.29, 1.82) is 0 Å². The van der Waals surface area contributed by atoms with Crippen LogP contribution in [0, 0.1) is 0 Å². The molecule has 146 valence electrons. The zero-order valence-electron chi connectivity index (χ0n) is 15.7. The van der Waals surface area contributed by atoms with Gasteiger partial charge in [0.25, 0.3) is 0 Å². The summed E-state index contributed by atoms with van der Waals surface area (Å²) in [4.78, 5) is 23.0. The zero-order valence-corrected chi connectivity index (χ0v) is 16.5. The Morgan fingerprint density at radius 3 is 1.93 bits per heavy atom. The van der Waals surface area contributed by atoms with E-state index in [4.69, 9.17) is 5.11 Å². The third-order valence-corrected chi connectivity index (χ3v) is 5.51. The molecule has 0 atom stereocenters. The summed E-state index contributed by atoms with van der Waals surface area (Å²) in [5.41, 5.74) is 3.75. The highest BCUT2D eigenvalue weighted by atomic mass is 32.2. The lowest BCUT2D eigenvalue weighted by Gasteiger charge is -2.17. The number of thioether (sulfide) groups is 1. The number of anilines is 1. The monoisotopic (exact) mass is 403 g/mol. The number of rotatable bonds is 8. The van der Waals surface area contributed by atoms with Gasteiger partial charge in [-0.3, -0.25) is 4.79 Å². The van der Waals surface area contributed by atoms with Gasteiger partial charge in [-0.15, -0.1) is 11.8 Å². The van der Waals surface area contributed by atoms with Crippen LogP contribution in [0.5, 0.6) is 0 Å². The van der Waals surface area contributed by atoms with Crippen LogP contribution >= 0.6 is 11.8 Å². The maximum atomic E-state index is 12.5. The molecule has 0 unspecified atom stereocenters. The van der Waals surface area contributed by atoms with E-state index < -0.39 is 5.97 Å². The van der Waals surface area contributed by atoms with Crippen molar-refractivity contribution in [3.8, 4) is 0 Å². The molecule has 2 N–H and O–H groups in total. The van der Waals surface area contributed by atoms with Crippen LogP contribution in [-0.4, -0.2) is 22.7 Å². The lowest BCUT2D eigenvalue weighted by Crippen LogP contribution is -2.15. The second-order valence-corrected chi connectivity index (χ2v) is 7.45. The molecule has 0 aliphatic heterocycles. The molecule has 3 aromatic rings. The van der Waals surface area contributed by atoms with E-state index in [1.165, 1.54) is 6.08 Å². The molecule has 1 amide bonds. The molecule has 3 rings (SSSR count). The Bertz CT molecular complexity index is 931. The van der Waals surface area contributed by atoms with Gasteiger partial charge in [0.15, 0.2) is 0 Å². The van der Waals surface area contributed by atoms with Crippen LogP contribution in [0.25, 0.3) is 6.08 Å². The van der Waals surface area contributed by atoms with E-state index in [0.717, 1.165) is 22.8 Å². The Hall–Kier alpha value is -3.31. The molecule has 0 fully saturated rings. The van der Waals surface area contributed by atoms with Crippen LogP contribution in [0.3, 0.4) is 0 Å². The van der Waals surface area contributed by atoms with E-state index in [2.05, 4.69) is 29.6 Å². The minimum absolute atomic E-state index is 0.0756. The first kappa shape index (κ1) is 20.4.